The molecule has 1 aromatic carbocycles. The number of carbonyl (C=O) groups is 1. The van der Waals surface area contributed by atoms with E-state index in [1.807, 2.05) is 19.1 Å². The van der Waals surface area contributed by atoms with E-state index < -0.39 is 0 Å². The summed E-state index contributed by atoms with van der Waals surface area (Å²) in [6, 6.07) is 3.90. The van der Waals surface area contributed by atoms with E-state index in [0.717, 1.165) is 17.7 Å². The predicted octanol–water partition coefficient (Wildman–Crippen LogP) is 2.01. The Morgan fingerprint density at radius 3 is 2.25 bits per heavy atom. The third-order valence-corrected chi connectivity index (χ3v) is 3.15. The highest BCUT2D eigenvalue weighted by molar-refractivity contribution is 5.85. The summed E-state index contributed by atoms with van der Waals surface area (Å²) in [7, 11) is 3.24. The molecule has 1 atom stereocenters. The summed E-state index contributed by atoms with van der Waals surface area (Å²) in [5, 5.41) is 0. The lowest BCUT2D eigenvalue weighted by Crippen LogP contribution is -2.22. The molecule has 0 fully saturated rings. The number of hydrogen-bond acceptors (Lipinski definition) is 3. The lowest BCUT2D eigenvalue weighted by atomic mass is 9.84. The van der Waals surface area contributed by atoms with Gasteiger partial charge >= 0.3 is 0 Å². The first-order chi connectivity index (χ1) is 7.65. The SMILES string of the molecule is COc1cc2c(cc1OC)C[C@H](C)C(=O)C2. The number of ether oxygens (including phenoxy) is 2. The van der Waals surface area contributed by atoms with Crippen molar-refractivity contribution >= 4 is 5.78 Å². The second kappa shape index (κ2) is 4.16. The van der Waals surface area contributed by atoms with Crippen molar-refractivity contribution in [3.63, 3.8) is 0 Å². The fourth-order valence-electron chi connectivity index (χ4n) is 2.12. The van der Waals surface area contributed by atoms with E-state index >= 15 is 0 Å². The first kappa shape index (κ1) is 11.0. The average molecular weight is 220 g/mol. The Hall–Kier alpha value is -1.51. The first-order valence-electron chi connectivity index (χ1n) is 5.42. The van der Waals surface area contributed by atoms with Crippen LogP contribution in [0.1, 0.15) is 18.1 Å². The summed E-state index contributed by atoms with van der Waals surface area (Å²) in [5.74, 6) is 1.86. The molecule has 0 bridgehead atoms. The summed E-state index contributed by atoms with van der Waals surface area (Å²) >= 11 is 0. The highest BCUT2D eigenvalue weighted by atomic mass is 16.5. The molecule has 0 saturated heterocycles. The Bertz CT molecular complexity index is 423. The number of methoxy groups -OCH3 is 2. The Morgan fingerprint density at radius 1 is 1.12 bits per heavy atom. The molecule has 1 aliphatic carbocycles. The summed E-state index contributed by atoms with van der Waals surface area (Å²) in [4.78, 5) is 11.6. The van der Waals surface area contributed by atoms with Crippen LogP contribution in [0.5, 0.6) is 11.5 Å². The molecule has 3 heteroatoms. The topological polar surface area (TPSA) is 35.5 Å². The minimum atomic E-state index is 0.116. The van der Waals surface area contributed by atoms with Crippen LogP contribution in [0.25, 0.3) is 0 Å². The smallest absolute Gasteiger partial charge is 0.161 e. The molecule has 2 rings (SSSR count). The third-order valence-electron chi connectivity index (χ3n) is 3.15. The number of rotatable bonds is 2. The Morgan fingerprint density at radius 2 is 1.69 bits per heavy atom. The lowest BCUT2D eigenvalue weighted by molar-refractivity contribution is -0.122. The van der Waals surface area contributed by atoms with Gasteiger partial charge in [0.2, 0.25) is 0 Å². The van der Waals surface area contributed by atoms with Gasteiger partial charge in [0, 0.05) is 12.3 Å². The van der Waals surface area contributed by atoms with E-state index in [1.165, 1.54) is 5.56 Å². The molecule has 1 aromatic rings. The quantitative estimate of drug-likeness (QED) is 0.764. The zero-order valence-electron chi connectivity index (χ0n) is 9.87. The van der Waals surface area contributed by atoms with Crippen LogP contribution in [0.2, 0.25) is 0 Å². The number of benzene rings is 1. The highest BCUT2D eigenvalue weighted by Crippen LogP contribution is 2.34. The summed E-state index contributed by atoms with van der Waals surface area (Å²) in [5.41, 5.74) is 2.27. The first-order valence-corrected chi connectivity index (χ1v) is 5.42. The maximum atomic E-state index is 11.6. The van der Waals surface area contributed by atoms with Gasteiger partial charge in [-0.1, -0.05) is 6.92 Å². The van der Waals surface area contributed by atoms with Crippen LogP contribution >= 0.6 is 0 Å². The molecule has 0 radical (unpaired) electrons. The van der Waals surface area contributed by atoms with Gasteiger partial charge in [-0.25, -0.2) is 0 Å². The lowest BCUT2D eigenvalue weighted by Gasteiger charge is -2.22. The van der Waals surface area contributed by atoms with Gasteiger partial charge in [0.1, 0.15) is 5.78 Å². The van der Waals surface area contributed by atoms with Crippen LogP contribution < -0.4 is 9.47 Å². The molecule has 0 unspecified atom stereocenters. The average Bonchev–Trinajstić information content (AvgIpc) is 2.29. The summed E-state index contributed by atoms with van der Waals surface area (Å²) in [6.07, 6.45) is 1.31. The van der Waals surface area contributed by atoms with E-state index in [4.69, 9.17) is 9.47 Å². The van der Waals surface area contributed by atoms with Gasteiger partial charge in [-0.05, 0) is 29.7 Å². The number of fused-ring (bicyclic) bond motifs is 1. The van der Waals surface area contributed by atoms with Gasteiger partial charge < -0.3 is 9.47 Å². The van der Waals surface area contributed by atoms with E-state index in [1.54, 1.807) is 14.2 Å². The van der Waals surface area contributed by atoms with E-state index in [9.17, 15) is 4.79 Å². The molecular formula is C13H16O3. The fourth-order valence-corrected chi connectivity index (χ4v) is 2.12. The third kappa shape index (κ3) is 1.77. The molecule has 0 amide bonds. The second-order valence-electron chi connectivity index (χ2n) is 4.22. The van der Waals surface area contributed by atoms with Crippen LogP contribution in [-0.2, 0) is 17.6 Å². The molecule has 1 aliphatic rings. The zero-order chi connectivity index (χ0) is 11.7. The maximum Gasteiger partial charge on any atom is 0.161 e. The Kier molecular flexibility index (Phi) is 2.86. The monoisotopic (exact) mass is 220 g/mol. The molecular weight excluding hydrogens is 204 g/mol. The fraction of sp³-hybridized carbons (Fsp3) is 0.462. The van der Waals surface area contributed by atoms with E-state index in [2.05, 4.69) is 0 Å². The molecule has 0 saturated carbocycles. The molecule has 0 spiro atoms. The molecule has 16 heavy (non-hydrogen) atoms. The van der Waals surface area contributed by atoms with Gasteiger partial charge in [0.05, 0.1) is 14.2 Å². The largest absolute Gasteiger partial charge is 0.493 e. The second-order valence-corrected chi connectivity index (χ2v) is 4.22. The number of Topliss-reactive ketones (excluding diaryl/α,β-unsaturated/α-hetero) is 1. The van der Waals surface area contributed by atoms with Crippen molar-refractivity contribution in [1.82, 2.24) is 0 Å². The molecule has 3 nitrogen and oxygen atoms in total. The van der Waals surface area contributed by atoms with Crippen molar-refractivity contribution in [2.75, 3.05) is 14.2 Å². The Labute approximate surface area is 95.4 Å². The minimum Gasteiger partial charge on any atom is -0.493 e. The van der Waals surface area contributed by atoms with Crippen molar-refractivity contribution in [3.05, 3.63) is 23.3 Å². The molecule has 0 heterocycles. The number of hydrogen-bond donors (Lipinski definition) is 0. The Balaban J connectivity index is 2.45. The van der Waals surface area contributed by atoms with Crippen molar-refractivity contribution < 1.29 is 14.3 Å². The van der Waals surface area contributed by atoms with Crippen LogP contribution in [0, 0.1) is 5.92 Å². The van der Waals surface area contributed by atoms with Crippen molar-refractivity contribution in [1.29, 1.82) is 0 Å². The van der Waals surface area contributed by atoms with E-state index in [0.29, 0.717) is 18.0 Å². The van der Waals surface area contributed by atoms with Gasteiger partial charge in [-0.2, -0.15) is 0 Å². The standard InChI is InChI=1S/C13H16O3/c1-8-4-9-6-12(15-2)13(16-3)7-10(9)5-11(8)14/h6-8H,4-5H2,1-3H3/t8-/m0/s1. The molecule has 86 valence electrons. The summed E-state index contributed by atoms with van der Waals surface area (Å²) < 4.78 is 10.5. The van der Waals surface area contributed by atoms with Crippen LogP contribution in [0.15, 0.2) is 12.1 Å². The molecule has 0 aromatic heterocycles. The van der Waals surface area contributed by atoms with Crippen LogP contribution in [-0.4, -0.2) is 20.0 Å². The number of carbonyl (C=O) groups excluding carboxylic acids is 1. The van der Waals surface area contributed by atoms with Gasteiger partial charge in [-0.3, -0.25) is 4.79 Å². The minimum absolute atomic E-state index is 0.116. The van der Waals surface area contributed by atoms with Crippen LogP contribution in [0.4, 0.5) is 0 Å². The van der Waals surface area contributed by atoms with Crippen molar-refractivity contribution in [3.8, 4) is 11.5 Å². The molecule has 0 aliphatic heterocycles. The van der Waals surface area contributed by atoms with Gasteiger partial charge in [-0.15, -0.1) is 0 Å². The summed E-state index contributed by atoms with van der Waals surface area (Å²) in [6.45, 7) is 1.97. The molecule has 0 N–H and O–H groups in total. The van der Waals surface area contributed by atoms with Crippen molar-refractivity contribution in [2.24, 2.45) is 5.92 Å². The van der Waals surface area contributed by atoms with Gasteiger partial charge in [0.15, 0.2) is 11.5 Å². The highest BCUT2D eigenvalue weighted by Gasteiger charge is 2.24. The van der Waals surface area contributed by atoms with Gasteiger partial charge in [0.25, 0.3) is 0 Å². The predicted molar refractivity (Wildman–Crippen MR) is 61.1 cm³/mol. The normalized spacial score (nSPS) is 19.2. The van der Waals surface area contributed by atoms with Crippen molar-refractivity contribution in [2.45, 2.75) is 19.8 Å². The number of ketones is 1. The van der Waals surface area contributed by atoms with Crippen LogP contribution in [0.3, 0.4) is 0 Å². The zero-order valence-corrected chi connectivity index (χ0v) is 9.87. The van der Waals surface area contributed by atoms with E-state index in [-0.39, 0.29) is 5.92 Å². The maximum absolute atomic E-state index is 11.6.